The Morgan fingerprint density at radius 2 is 1.75 bits per heavy atom. The Kier molecular flexibility index (Phi) is 6.59. The highest BCUT2D eigenvalue weighted by Crippen LogP contribution is 2.43. The van der Waals surface area contributed by atoms with Gasteiger partial charge in [-0.3, -0.25) is 19.5 Å². The van der Waals surface area contributed by atoms with E-state index in [1.807, 2.05) is 58.0 Å². The fraction of sp³-hybridized carbons (Fsp3) is 0.276. The van der Waals surface area contributed by atoms with E-state index >= 15 is 0 Å². The van der Waals surface area contributed by atoms with E-state index in [-0.39, 0.29) is 16.7 Å². The van der Waals surface area contributed by atoms with Crippen molar-refractivity contribution in [3.63, 3.8) is 0 Å². The molecule has 4 rings (SSSR count). The summed E-state index contributed by atoms with van der Waals surface area (Å²) in [6.07, 6.45) is 3.24. The molecule has 36 heavy (non-hydrogen) atoms. The van der Waals surface area contributed by atoms with E-state index in [0.29, 0.717) is 22.6 Å². The summed E-state index contributed by atoms with van der Waals surface area (Å²) in [6.45, 7) is 6.13. The second kappa shape index (κ2) is 9.49. The minimum Gasteiger partial charge on any atom is -0.507 e. The zero-order valence-corrected chi connectivity index (χ0v) is 21.4. The van der Waals surface area contributed by atoms with Crippen LogP contribution in [0.2, 0.25) is 0 Å². The molecule has 2 aromatic carbocycles. The summed E-state index contributed by atoms with van der Waals surface area (Å²) >= 11 is 0. The van der Waals surface area contributed by atoms with Gasteiger partial charge in [-0.05, 0) is 59.5 Å². The van der Waals surface area contributed by atoms with E-state index in [1.165, 1.54) is 4.90 Å². The van der Waals surface area contributed by atoms with Crippen molar-refractivity contribution in [1.82, 2.24) is 4.98 Å². The van der Waals surface area contributed by atoms with E-state index in [4.69, 9.17) is 4.74 Å². The van der Waals surface area contributed by atoms with Gasteiger partial charge in [0.2, 0.25) is 0 Å². The number of carbonyl (C=O) groups excluding carboxylic acids is 2. The van der Waals surface area contributed by atoms with Crippen molar-refractivity contribution in [2.75, 3.05) is 31.0 Å². The fourth-order valence-electron chi connectivity index (χ4n) is 4.46. The number of hydrogen-bond donors (Lipinski definition) is 1. The van der Waals surface area contributed by atoms with Crippen LogP contribution in [0, 0.1) is 0 Å². The molecule has 0 bridgehead atoms. The molecule has 2 heterocycles. The monoisotopic (exact) mass is 485 g/mol. The quantitative estimate of drug-likeness (QED) is 0.308. The minimum absolute atomic E-state index is 0.0229. The molecular weight excluding hydrogens is 454 g/mol. The third kappa shape index (κ3) is 4.44. The third-order valence-corrected chi connectivity index (χ3v) is 6.37. The number of aliphatic hydroxyl groups excluding tert-OH is 1. The lowest BCUT2D eigenvalue weighted by atomic mass is 9.84. The molecule has 0 spiro atoms. The lowest BCUT2D eigenvalue weighted by Crippen LogP contribution is -2.29. The number of methoxy groups -OCH3 is 1. The maximum atomic E-state index is 13.4. The molecule has 7 nitrogen and oxygen atoms in total. The molecule has 1 aliphatic rings. The smallest absolute Gasteiger partial charge is 0.300 e. The standard InChI is InChI=1S/C29H31N3O4/c1-29(2,3)22-16-18(9-14-23(22)36-6)26(33)24-25(19-8-7-15-30-17-19)32(28(35)27(24)34)21-12-10-20(11-13-21)31(4)5/h7-17,25,33H,1-6H3/b26-24-. The third-order valence-electron chi connectivity index (χ3n) is 6.37. The van der Waals surface area contributed by atoms with Crippen LogP contribution in [0.25, 0.3) is 5.76 Å². The topological polar surface area (TPSA) is 83.0 Å². The second-order valence-corrected chi connectivity index (χ2v) is 10.0. The van der Waals surface area contributed by atoms with Gasteiger partial charge in [-0.25, -0.2) is 0 Å². The van der Waals surface area contributed by atoms with Crippen LogP contribution in [0.15, 0.2) is 72.6 Å². The molecule has 1 aliphatic heterocycles. The number of hydrogen-bond acceptors (Lipinski definition) is 6. The number of nitrogens with zero attached hydrogens (tertiary/aromatic N) is 3. The van der Waals surface area contributed by atoms with Crippen LogP contribution in [-0.2, 0) is 15.0 Å². The van der Waals surface area contributed by atoms with Crippen LogP contribution in [0.1, 0.15) is 43.5 Å². The number of rotatable bonds is 5. The van der Waals surface area contributed by atoms with E-state index in [2.05, 4.69) is 4.98 Å². The first-order chi connectivity index (χ1) is 17.0. The molecule has 1 N–H and O–H groups in total. The minimum atomic E-state index is -0.830. The maximum Gasteiger partial charge on any atom is 0.300 e. The van der Waals surface area contributed by atoms with E-state index in [9.17, 15) is 14.7 Å². The van der Waals surface area contributed by atoms with Gasteiger partial charge in [0, 0.05) is 49.0 Å². The summed E-state index contributed by atoms with van der Waals surface area (Å²) < 4.78 is 5.52. The number of benzene rings is 2. The van der Waals surface area contributed by atoms with Crippen molar-refractivity contribution in [1.29, 1.82) is 0 Å². The number of ether oxygens (including phenoxy) is 1. The number of Topliss-reactive ketones (excluding diaryl/α,β-unsaturated/α-hetero) is 1. The number of aliphatic hydroxyl groups is 1. The number of amides is 1. The Morgan fingerprint density at radius 3 is 2.31 bits per heavy atom. The van der Waals surface area contributed by atoms with Crippen LogP contribution in [-0.4, -0.2) is 43.0 Å². The number of ketones is 1. The molecule has 3 aromatic rings. The van der Waals surface area contributed by atoms with Crippen LogP contribution in [0.3, 0.4) is 0 Å². The summed E-state index contributed by atoms with van der Waals surface area (Å²) in [5.41, 5.74) is 3.21. The first-order valence-electron chi connectivity index (χ1n) is 11.7. The van der Waals surface area contributed by atoms with Crippen molar-refractivity contribution in [3.05, 3.63) is 89.3 Å². The van der Waals surface area contributed by atoms with Crippen molar-refractivity contribution in [2.45, 2.75) is 32.2 Å². The van der Waals surface area contributed by atoms with Crippen molar-refractivity contribution < 1.29 is 19.4 Å². The van der Waals surface area contributed by atoms with Gasteiger partial charge < -0.3 is 14.7 Å². The summed E-state index contributed by atoms with van der Waals surface area (Å²) in [7, 11) is 5.45. The summed E-state index contributed by atoms with van der Waals surface area (Å²) in [5.74, 6) is -0.995. The van der Waals surface area contributed by atoms with Gasteiger partial charge in [0.15, 0.2) is 0 Å². The van der Waals surface area contributed by atoms with Crippen LogP contribution < -0.4 is 14.5 Å². The van der Waals surface area contributed by atoms with E-state index in [0.717, 1.165) is 11.3 Å². The first kappa shape index (κ1) is 25.0. The van der Waals surface area contributed by atoms with Gasteiger partial charge >= 0.3 is 0 Å². The zero-order valence-electron chi connectivity index (χ0n) is 21.4. The number of pyridine rings is 1. The molecule has 1 saturated heterocycles. The molecule has 186 valence electrons. The summed E-state index contributed by atoms with van der Waals surface area (Å²) in [5, 5.41) is 11.5. The molecular formula is C29H31N3O4. The largest absolute Gasteiger partial charge is 0.507 e. The maximum absolute atomic E-state index is 13.4. The van der Waals surface area contributed by atoms with Crippen LogP contribution in [0.5, 0.6) is 5.75 Å². The molecule has 0 saturated carbocycles. The fourth-order valence-corrected chi connectivity index (χ4v) is 4.46. The molecule has 1 fully saturated rings. The van der Waals surface area contributed by atoms with E-state index < -0.39 is 17.7 Å². The average molecular weight is 486 g/mol. The lowest BCUT2D eigenvalue weighted by Gasteiger charge is -2.26. The highest BCUT2D eigenvalue weighted by Gasteiger charge is 2.47. The van der Waals surface area contributed by atoms with Crippen molar-refractivity contribution in [3.8, 4) is 5.75 Å². The van der Waals surface area contributed by atoms with Crippen molar-refractivity contribution in [2.24, 2.45) is 0 Å². The highest BCUT2D eigenvalue weighted by atomic mass is 16.5. The summed E-state index contributed by atoms with van der Waals surface area (Å²) in [6, 6.07) is 15.4. The highest BCUT2D eigenvalue weighted by molar-refractivity contribution is 6.51. The molecule has 0 radical (unpaired) electrons. The molecule has 1 amide bonds. The number of carbonyl (C=O) groups is 2. The first-order valence-corrected chi connectivity index (χ1v) is 11.7. The summed E-state index contributed by atoms with van der Waals surface area (Å²) in [4.78, 5) is 34.4. The van der Waals surface area contributed by atoms with Gasteiger partial charge in [-0.2, -0.15) is 0 Å². The zero-order chi connectivity index (χ0) is 26.2. The van der Waals surface area contributed by atoms with Gasteiger partial charge in [0.05, 0.1) is 18.7 Å². The van der Waals surface area contributed by atoms with Crippen LogP contribution in [0.4, 0.5) is 11.4 Å². The van der Waals surface area contributed by atoms with Gasteiger partial charge in [-0.15, -0.1) is 0 Å². The lowest BCUT2D eigenvalue weighted by molar-refractivity contribution is -0.132. The van der Waals surface area contributed by atoms with Gasteiger partial charge in [-0.1, -0.05) is 26.8 Å². The van der Waals surface area contributed by atoms with Gasteiger partial charge in [0.25, 0.3) is 11.7 Å². The molecule has 0 aliphatic carbocycles. The second-order valence-electron chi connectivity index (χ2n) is 10.0. The Morgan fingerprint density at radius 1 is 1.06 bits per heavy atom. The molecule has 1 atom stereocenters. The Labute approximate surface area is 211 Å². The van der Waals surface area contributed by atoms with E-state index in [1.54, 1.807) is 55.9 Å². The Balaban J connectivity index is 1.92. The SMILES string of the molecule is COc1ccc(/C(O)=C2/C(=O)C(=O)N(c3ccc(N(C)C)cc3)C2c2cccnc2)cc1C(C)(C)C. The molecule has 1 aromatic heterocycles. The van der Waals surface area contributed by atoms with Crippen LogP contribution >= 0.6 is 0 Å². The van der Waals surface area contributed by atoms with Gasteiger partial charge in [0.1, 0.15) is 11.5 Å². The predicted octanol–water partition coefficient (Wildman–Crippen LogP) is 5.08. The van der Waals surface area contributed by atoms with Crippen molar-refractivity contribution >= 4 is 28.8 Å². The Bertz CT molecular complexity index is 1320. The average Bonchev–Trinajstić information content (AvgIpc) is 3.13. The number of anilines is 2. The predicted molar refractivity (Wildman–Crippen MR) is 141 cm³/mol. The molecule has 1 unspecified atom stereocenters. The number of aromatic nitrogens is 1. The Hall–Kier alpha value is -4.13. The normalized spacial score (nSPS) is 17.4. The molecule has 7 heteroatoms.